The van der Waals surface area contributed by atoms with E-state index in [9.17, 15) is 14.4 Å². The van der Waals surface area contributed by atoms with Crippen molar-refractivity contribution in [2.24, 2.45) is 11.8 Å². The van der Waals surface area contributed by atoms with Crippen molar-refractivity contribution < 1.29 is 38.7 Å². The van der Waals surface area contributed by atoms with Crippen molar-refractivity contribution in [3.63, 3.8) is 0 Å². The fourth-order valence-electron chi connectivity index (χ4n) is 3.49. The summed E-state index contributed by atoms with van der Waals surface area (Å²) in [4.78, 5) is 40.4. The molecule has 0 amide bonds. The molecule has 0 spiro atoms. The number of hydrogen-bond donors (Lipinski definition) is 1. The molecule has 0 radical (unpaired) electrons. The van der Waals surface area contributed by atoms with Gasteiger partial charge in [-0.25, -0.2) is 9.68 Å². The van der Waals surface area contributed by atoms with E-state index >= 15 is 0 Å². The number of carbonyl (C=O) groups is 3. The Bertz CT molecular complexity index is 735. The third-order valence-corrected chi connectivity index (χ3v) is 5.42. The molecule has 1 aliphatic heterocycles. The molecule has 1 fully saturated rings. The lowest BCUT2D eigenvalue weighted by molar-refractivity contribution is -0.234. The van der Waals surface area contributed by atoms with Gasteiger partial charge >= 0.3 is 17.9 Å². The third-order valence-electron chi connectivity index (χ3n) is 5.42. The highest BCUT2D eigenvalue weighted by atomic mass is 17.1. The van der Waals surface area contributed by atoms with E-state index in [0.717, 1.165) is 11.1 Å². The third kappa shape index (κ3) is 6.27. The molecule has 2 aliphatic rings. The molecule has 0 aromatic carbocycles. The molecule has 0 aromatic rings. The lowest BCUT2D eigenvalue weighted by Gasteiger charge is -2.29. The maximum absolute atomic E-state index is 12.6. The van der Waals surface area contributed by atoms with Crippen LogP contribution in [0.2, 0.25) is 0 Å². The van der Waals surface area contributed by atoms with Crippen molar-refractivity contribution in [3.05, 3.63) is 35.5 Å². The molecule has 0 unspecified atom stereocenters. The van der Waals surface area contributed by atoms with Crippen molar-refractivity contribution in [1.29, 1.82) is 0 Å². The zero-order valence-electron chi connectivity index (χ0n) is 17.7. The topological polar surface area (TPSA) is 108 Å². The van der Waals surface area contributed by atoms with Crippen molar-refractivity contribution in [1.82, 2.24) is 0 Å². The molecule has 1 saturated heterocycles. The summed E-state index contributed by atoms with van der Waals surface area (Å²) >= 11 is 0. The quantitative estimate of drug-likeness (QED) is 0.166. The number of esters is 3. The Labute approximate surface area is 176 Å². The molecular formula is C22H30O8. The predicted octanol–water partition coefficient (Wildman–Crippen LogP) is 3.13. The van der Waals surface area contributed by atoms with Crippen LogP contribution in [-0.2, 0) is 33.5 Å². The molecule has 4 atom stereocenters. The van der Waals surface area contributed by atoms with E-state index in [1.807, 2.05) is 13.0 Å². The number of carbonyl (C=O) groups excluding carboxylic acids is 3. The Morgan fingerprint density at radius 2 is 2.07 bits per heavy atom. The first-order chi connectivity index (χ1) is 14.3. The summed E-state index contributed by atoms with van der Waals surface area (Å²) in [6, 6.07) is 0. The van der Waals surface area contributed by atoms with Gasteiger partial charge < -0.3 is 14.2 Å². The fraction of sp³-hybridized carbons (Fsp3) is 0.591. The normalized spacial score (nSPS) is 28.9. The highest BCUT2D eigenvalue weighted by Gasteiger charge is 2.45. The Hall–Kier alpha value is -2.45. The molecule has 0 saturated carbocycles. The van der Waals surface area contributed by atoms with Gasteiger partial charge in [0.05, 0.1) is 11.8 Å². The second kappa shape index (κ2) is 11.1. The minimum atomic E-state index is -0.720. The monoisotopic (exact) mass is 422 g/mol. The SMILES string of the molecule is C=C1C(=O)O[C@@H]2/C=C(/COO)CC/C=C(/COC(C)=O)C[C@H](OC(=O)[C@@H](C)CC)[C@@H]12. The van der Waals surface area contributed by atoms with Gasteiger partial charge in [0.1, 0.15) is 25.4 Å². The Balaban J connectivity index is 2.41. The summed E-state index contributed by atoms with van der Waals surface area (Å²) in [5, 5.41) is 8.90. The summed E-state index contributed by atoms with van der Waals surface area (Å²) in [6.45, 7) is 8.86. The highest BCUT2D eigenvalue weighted by molar-refractivity contribution is 5.91. The molecule has 1 aliphatic carbocycles. The van der Waals surface area contributed by atoms with Gasteiger partial charge in [-0.15, -0.1) is 0 Å². The molecule has 0 aromatic heterocycles. The number of fused-ring (bicyclic) bond motifs is 1. The molecule has 166 valence electrons. The summed E-state index contributed by atoms with van der Waals surface area (Å²) in [7, 11) is 0. The summed E-state index contributed by atoms with van der Waals surface area (Å²) in [5.74, 6) is -2.25. The largest absolute Gasteiger partial charge is 0.461 e. The standard InChI is InChI=1S/C22H30O8/c1-5-13(2)21(24)29-18-9-16(11-27-15(4)23)7-6-8-17(12-28-26)10-19-20(18)14(3)22(25)30-19/h7,10,13,18-20,26H,3,5-6,8-9,11-12H2,1-2,4H3/b16-7+,17-10+/t13-,18-,19+,20+/m0/s1. The number of allylic oxidation sites excluding steroid dienone is 1. The summed E-state index contributed by atoms with van der Waals surface area (Å²) in [6.07, 6.45) is 4.26. The second-order valence-corrected chi connectivity index (χ2v) is 7.69. The van der Waals surface area contributed by atoms with Crippen LogP contribution in [0.15, 0.2) is 35.5 Å². The average molecular weight is 422 g/mol. The zero-order chi connectivity index (χ0) is 22.3. The highest BCUT2D eigenvalue weighted by Crippen LogP contribution is 2.36. The van der Waals surface area contributed by atoms with E-state index in [1.165, 1.54) is 6.92 Å². The van der Waals surface area contributed by atoms with Crippen molar-refractivity contribution >= 4 is 17.9 Å². The van der Waals surface area contributed by atoms with Gasteiger partial charge in [0.25, 0.3) is 0 Å². The maximum Gasteiger partial charge on any atom is 0.334 e. The fourth-order valence-corrected chi connectivity index (χ4v) is 3.49. The van der Waals surface area contributed by atoms with Crippen molar-refractivity contribution in [2.75, 3.05) is 13.2 Å². The molecule has 8 heteroatoms. The molecule has 8 nitrogen and oxygen atoms in total. The van der Waals surface area contributed by atoms with Crippen LogP contribution in [0.4, 0.5) is 0 Å². The van der Waals surface area contributed by atoms with Gasteiger partial charge in [0.15, 0.2) is 0 Å². The van der Waals surface area contributed by atoms with Crippen LogP contribution in [0.1, 0.15) is 46.5 Å². The zero-order valence-corrected chi connectivity index (χ0v) is 17.7. The average Bonchev–Trinajstić information content (AvgIpc) is 2.97. The van der Waals surface area contributed by atoms with E-state index in [4.69, 9.17) is 19.5 Å². The summed E-state index contributed by atoms with van der Waals surface area (Å²) < 4.78 is 16.4. The Morgan fingerprint density at radius 3 is 2.70 bits per heavy atom. The number of rotatable bonds is 7. The van der Waals surface area contributed by atoms with Gasteiger partial charge in [0.2, 0.25) is 0 Å². The van der Waals surface area contributed by atoms with Gasteiger partial charge in [-0.3, -0.25) is 14.8 Å². The first kappa shape index (κ1) is 23.8. The maximum atomic E-state index is 12.6. The first-order valence-corrected chi connectivity index (χ1v) is 10.1. The van der Waals surface area contributed by atoms with Gasteiger partial charge in [-0.05, 0) is 36.5 Å². The van der Waals surface area contributed by atoms with Gasteiger partial charge in [-0.1, -0.05) is 26.5 Å². The Morgan fingerprint density at radius 1 is 1.33 bits per heavy atom. The lowest BCUT2D eigenvalue weighted by atomic mass is 9.85. The van der Waals surface area contributed by atoms with Crippen LogP contribution < -0.4 is 0 Å². The minimum absolute atomic E-state index is 0.0440. The van der Waals surface area contributed by atoms with Crippen molar-refractivity contribution in [3.8, 4) is 0 Å². The van der Waals surface area contributed by atoms with Crippen LogP contribution in [0.3, 0.4) is 0 Å². The Kier molecular flexibility index (Phi) is 8.80. The van der Waals surface area contributed by atoms with Crippen LogP contribution in [-0.4, -0.2) is 48.6 Å². The van der Waals surface area contributed by atoms with E-state index in [2.05, 4.69) is 11.5 Å². The molecule has 1 heterocycles. The van der Waals surface area contributed by atoms with Crippen LogP contribution in [0.5, 0.6) is 0 Å². The number of ether oxygens (including phenoxy) is 3. The van der Waals surface area contributed by atoms with Gasteiger partial charge in [-0.2, -0.15) is 0 Å². The second-order valence-electron chi connectivity index (χ2n) is 7.69. The van der Waals surface area contributed by atoms with Crippen LogP contribution in [0, 0.1) is 11.8 Å². The van der Waals surface area contributed by atoms with E-state index < -0.39 is 30.1 Å². The molecule has 2 rings (SSSR count). The predicted molar refractivity (Wildman–Crippen MR) is 107 cm³/mol. The molecule has 30 heavy (non-hydrogen) atoms. The number of hydrogen-bond acceptors (Lipinski definition) is 8. The van der Waals surface area contributed by atoms with Gasteiger partial charge in [0, 0.05) is 18.9 Å². The van der Waals surface area contributed by atoms with Crippen LogP contribution >= 0.6 is 0 Å². The van der Waals surface area contributed by atoms with Crippen molar-refractivity contribution in [2.45, 2.75) is 58.7 Å². The molecular weight excluding hydrogens is 392 g/mol. The summed E-state index contributed by atoms with van der Waals surface area (Å²) in [5.41, 5.74) is 1.71. The molecule has 0 bridgehead atoms. The first-order valence-electron chi connectivity index (χ1n) is 10.1. The lowest BCUT2D eigenvalue weighted by Crippen LogP contribution is -2.35. The van der Waals surface area contributed by atoms with E-state index in [-0.39, 0.29) is 37.1 Å². The smallest absolute Gasteiger partial charge is 0.334 e. The minimum Gasteiger partial charge on any atom is -0.461 e. The van der Waals surface area contributed by atoms with E-state index in [0.29, 0.717) is 19.3 Å². The van der Waals surface area contributed by atoms with Crippen LogP contribution in [0.25, 0.3) is 0 Å². The molecule has 1 N–H and O–H groups in total. The van der Waals surface area contributed by atoms with E-state index in [1.54, 1.807) is 13.0 Å².